The topological polar surface area (TPSA) is 67.2 Å². The number of aromatic nitrogens is 2. The molecule has 0 fully saturated rings. The molecular weight excluding hydrogens is 405 g/mol. The molecule has 1 heterocycles. The fourth-order valence-electron chi connectivity index (χ4n) is 3.24. The molecule has 4 rings (SSSR count). The van der Waals surface area contributed by atoms with Crippen molar-refractivity contribution in [1.82, 2.24) is 15.1 Å². The number of carbonyl (C=O) groups excluding carboxylic acids is 1. The van der Waals surface area contributed by atoms with Crippen LogP contribution < -0.4 is 5.32 Å². The van der Waals surface area contributed by atoms with Crippen LogP contribution in [0, 0.1) is 5.82 Å². The zero-order valence-electron chi connectivity index (χ0n) is 16.1. The smallest absolute Gasteiger partial charge is 0.251 e. The van der Waals surface area contributed by atoms with Gasteiger partial charge in [0, 0.05) is 22.6 Å². The number of amides is 1. The first-order valence-corrected chi connectivity index (χ1v) is 9.81. The third-order valence-electron chi connectivity index (χ3n) is 4.79. The van der Waals surface area contributed by atoms with Gasteiger partial charge in [-0.15, -0.1) is 0 Å². The normalized spacial score (nSPS) is 12.1. The zero-order chi connectivity index (χ0) is 21.3. The molecule has 5 nitrogen and oxygen atoms in total. The number of nitrogens with one attached hydrogen (secondary N) is 1. The fraction of sp³-hybridized carbons (Fsp3) is 0.130. The molecule has 7 heteroatoms. The lowest BCUT2D eigenvalue weighted by molar-refractivity contribution is 0.0922. The summed E-state index contributed by atoms with van der Waals surface area (Å²) in [6, 6.07) is 18.2. The minimum Gasteiger partial charge on any atom is -0.394 e. The summed E-state index contributed by atoms with van der Waals surface area (Å²) in [5, 5.41) is 18.0. The Morgan fingerprint density at radius 2 is 1.90 bits per heavy atom. The minimum absolute atomic E-state index is 0.155. The Morgan fingerprint density at radius 3 is 2.60 bits per heavy atom. The fourth-order valence-corrected chi connectivity index (χ4v) is 3.47. The summed E-state index contributed by atoms with van der Waals surface area (Å²) in [4.78, 5) is 12.6. The SMILES string of the molecule is C[C@@H](CO)NC(=O)c1ccc2c(-c3ccccc3Cl)nn(-c3ccc(F)cc3)c2c1. The second kappa shape index (κ2) is 8.26. The Labute approximate surface area is 177 Å². The predicted octanol–water partition coefficient (Wildman–Crippen LogP) is 4.60. The summed E-state index contributed by atoms with van der Waals surface area (Å²) < 4.78 is 15.1. The minimum atomic E-state index is -0.367. The van der Waals surface area contributed by atoms with Gasteiger partial charge in [-0.3, -0.25) is 4.79 Å². The lowest BCUT2D eigenvalue weighted by atomic mass is 10.1. The van der Waals surface area contributed by atoms with Gasteiger partial charge in [-0.1, -0.05) is 29.8 Å². The quantitative estimate of drug-likeness (QED) is 0.493. The van der Waals surface area contributed by atoms with Crippen molar-refractivity contribution in [2.75, 3.05) is 6.61 Å². The van der Waals surface area contributed by atoms with E-state index in [4.69, 9.17) is 16.7 Å². The first-order valence-electron chi connectivity index (χ1n) is 9.43. The maximum atomic E-state index is 13.4. The van der Waals surface area contributed by atoms with Crippen LogP contribution in [0.5, 0.6) is 0 Å². The van der Waals surface area contributed by atoms with Gasteiger partial charge in [-0.25, -0.2) is 9.07 Å². The standard InChI is InChI=1S/C23H19ClFN3O2/c1-14(13-29)26-23(30)15-6-11-19-21(12-15)28(17-9-7-16(25)8-10-17)27-22(19)18-4-2-3-5-20(18)24/h2-12,14,29H,13H2,1H3,(H,26,30)/t14-/m0/s1. The monoisotopic (exact) mass is 423 g/mol. The van der Waals surface area contributed by atoms with Gasteiger partial charge in [-0.2, -0.15) is 5.10 Å². The molecule has 0 unspecified atom stereocenters. The molecule has 30 heavy (non-hydrogen) atoms. The molecule has 152 valence electrons. The van der Waals surface area contributed by atoms with E-state index in [1.807, 2.05) is 24.3 Å². The first-order chi connectivity index (χ1) is 14.5. The van der Waals surface area contributed by atoms with Gasteiger partial charge in [0.15, 0.2) is 0 Å². The highest BCUT2D eigenvalue weighted by Crippen LogP contribution is 2.34. The Hall–Kier alpha value is -3.22. The highest BCUT2D eigenvalue weighted by Gasteiger charge is 2.18. The van der Waals surface area contributed by atoms with Crippen molar-refractivity contribution in [2.24, 2.45) is 0 Å². The van der Waals surface area contributed by atoms with Crippen LogP contribution in [0.25, 0.3) is 27.8 Å². The van der Waals surface area contributed by atoms with Crippen LogP contribution in [0.15, 0.2) is 66.7 Å². The number of hydrogen-bond acceptors (Lipinski definition) is 3. The molecule has 0 saturated heterocycles. The van der Waals surface area contributed by atoms with Crippen LogP contribution >= 0.6 is 11.6 Å². The molecule has 0 aliphatic rings. The van der Waals surface area contributed by atoms with E-state index in [0.717, 1.165) is 10.9 Å². The molecule has 0 saturated carbocycles. The highest BCUT2D eigenvalue weighted by atomic mass is 35.5. The van der Waals surface area contributed by atoms with E-state index < -0.39 is 0 Å². The van der Waals surface area contributed by atoms with Crippen molar-refractivity contribution in [3.05, 3.63) is 83.1 Å². The molecule has 2 N–H and O–H groups in total. The van der Waals surface area contributed by atoms with Crippen LogP contribution in [-0.2, 0) is 0 Å². The summed E-state index contributed by atoms with van der Waals surface area (Å²) in [6.07, 6.45) is 0. The van der Waals surface area contributed by atoms with Crippen molar-refractivity contribution < 1.29 is 14.3 Å². The molecule has 3 aromatic carbocycles. The number of fused-ring (bicyclic) bond motifs is 1. The summed E-state index contributed by atoms with van der Waals surface area (Å²) in [7, 11) is 0. The number of aliphatic hydroxyl groups is 1. The molecule has 1 amide bonds. The van der Waals surface area contributed by atoms with Crippen LogP contribution in [0.1, 0.15) is 17.3 Å². The number of aliphatic hydroxyl groups excluding tert-OH is 1. The molecule has 0 aliphatic carbocycles. The maximum absolute atomic E-state index is 13.4. The average Bonchev–Trinajstić information content (AvgIpc) is 3.13. The van der Waals surface area contributed by atoms with Crippen molar-refractivity contribution >= 4 is 28.4 Å². The van der Waals surface area contributed by atoms with Crippen molar-refractivity contribution in [3.8, 4) is 16.9 Å². The highest BCUT2D eigenvalue weighted by molar-refractivity contribution is 6.33. The summed E-state index contributed by atoms with van der Waals surface area (Å²) in [5.41, 5.74) is 3.19. The average molecular weight is 424 g/mol. The molecule has 0 bridgehead atoms. The van der Waals surface area contributed by atoms with Crippen LogP contribution in [0.4, 0.5) is 4.39 Å². The molecular formula is C23H19ClFN3O2. The molecule has 4 aromatic rings. The van der Waals surface area contributed by atoms with Gasteiger partial charge >= 0.3 is 0 Å². The van der Waals surface area contributed by atoms with Gasteiger partial charge in [0.2, 0.25) is 0 Å². The van der Waals surface area contributed by atoms with Gasteiger partial charge < -0.3 is 10.4 Å². The van der Waals surface area contributed by atoms with E-state index >= 15 is 0 Å². The predicted molar refractivity (Wildman–Crippen MR) is 115 cm³/mol. The zero-order valence-corrected chi connectivity index (χ0v) is 16.9. The maximum Gasteiger partial charge on any atom is 0.251 e. The molecule has 0 radical (unpaired) electrons. The third kappa shape index (κ3) is 3.79. The number of nitrogens with zero attached hydrogens (tertiary/aromatic N) is 2. The molecule has 0 spiro atoms. The number of carbonyl (C=O) groups is 1. The Morgan fingerprint density at radius 1 is 1.17 bits per heavy atom. The van der Waals surface area contributed by atoms with Gasteiger partial charge in [0.25, 0.3) is 5.91 Å². The largest absolute Gasteiger partial charge is 0.394 e. The second-order valence-corrected chi connectivity index (χ2v) is 7.41. The number of benzene rings is 3. The lowest BCUT2D eigenvalue weighted by Gasteiger charge is -2.11. The Balaban J connectivity index is 1.91. The number of hydrogen-bond donors (Lipinski definition) is 2. The molecule has 1 aromatic heterocycles. The lowest BCUT2D eigenvalue weighted by Crippen LogP contribution is -2.34. The third-order valence-corrected chi connectivity index (χ3v) is 5.12. The van der Waals surface area contributed by atoms with Gasteiger partial charge in [-0.05, 0) is 55.5 Å². The Kier molecular flexibility index (Phi) is 5.53. The number of halogens is 2. The molecule has 0 aliphatic heterocycles. The van der Waals surface area contributed by atoms with E-state index in [2.05, 4.69) is 5.32 Å². The number of rotatable bonds is 5. The van der Waals surface area contributed by atoms with Crippen molar-refractivity contribution in [3.63, 3.8) is 0 Å². The van der Waals surface area contributed by atoms with Crippen molar-refractivity contribution in [2.45, 2.75) is 13.0 Å². The summed E-state index contributed by atoms with van der Waals surface area (Å²) in [5.74, 6) is -0.649. The first kappa shape index (κ1) is 20.1. The van der Waals surface area contributed by atoms with E-state index in [1.165, 1.54) is 12.1 Å². The van der Waals surface area contributed by atoms with E-state index in [1.54, 1.807) is 41.9 Å². The molecule has 1 atom stereocenters. The van der Waals surface area contributed by atoms with E-state index in [0.29, 0.717) is 27.5 Å². The Bertz CT molecular complexity index is 1220. The van der Waals surface area contributed by atoms with E-state index in [9.17, 15) is 14.3 Å². The summed E-state index contributed by atoms with van der Waals surface area (Å²) >= 11 is 6.40. The summed E-state index contributed by atoms with van der Waals surface area (Å²) in [6.45, 7) is 1.56. The second-order valence-electron chi connectivity index (χ2n) is 7.01. The van der Waals surface area contributed by atoms with Gasteiger partial charge in [0.05, 0.1) is 22.8 Å². The van der Waals surface area contributed by atoms with Crippen LogP contribution in [0.2, 0.25) is 5.02 Å². The van der Waals surface area contributed by atoms with Crippen molar-refractivity contribution in [1.29, 1.82) is 0 Å². The van der Waals surface area contributed by atoms with Crippen LogP contribution in [-0.4, -0.2) is 33.4 Å². The van der Waals surface area contributed by atoms with Gasteiger partial charge in [0.1, 0.15) is 11.5 Å². The van der Waals surface area contributed by atoms with Crippen LogP contribution in [0.3, 0.4) is 0 Å². The van der Waals surface area contributed by atoms with E-state index in [-0.39, 0.29) is 24.4 Å².